The van der Waals surface area contributed by atoms with Crippen LogP contribution in [0.15, 0.2) is 175 Å². The maximum Gasteiger partial charge on any atom is 0.137 e. The van der Waals surface area contributed by atoms with Crippen LogP contribution in [-0.2, 0) is 16.2 Å². The molecule has 0 saturated heterocycles. The molecule has 1 aliphatic heterocycles. The molecular formula is C62H68N4O. The minimum atomic E-state index is -0.234. The summed E-state index contributed by atoms with van der Waals surface area (Å²) in [6.45, 7) is 30.8. The van der Waals surface area contributed by atoms with Gasteiger partial charge >= 0.3 is 0 Å². The first-order valence-corrected chi connectivity index (χ1v) is 24.0. The van der Waals surface area contributed by atoms with Gasteiger partial charge in [-0.3, -0.25) is 4.57 Å². The Morgan fingerprint density at radius 1 is 0.403 bits per heavy atom. The van der Waals surface area contributed by atoms with Gasteiger partial charge in [-0.2, -0.15) is 0 Å². The van der Waals surface area contributed by atoms with Gasteiger partial charge in [0.2, 0.25) is 0 Å². The van der Waals surface area contributed by atoms with E-state index in [1.54, 1.807) is 0 Å². The number of hydrogen-bond acceptors (Lipinski definition) is 4. The molecule has 0 N–H and O–H groups in total. The van der Waals surface area contributed by atoms with Gasteiger partial charge in [0.25, 0.3) is 0 Å². The zero-order chi connectivity index (χ0) is 47.7. The van der Waals surface area contributed by atoms with E-state index in [1.165, 1.54) is 50.3 Å². The molecule has 342 valence electrons. The lowest BCUT2D eigenvalue weighted by Gasteiger charge is -2.34. The highest BCUT2D eigenvalue weighted by molar-refractivity contribution is 6.10. The Hall–Kier alpha value is -6.59. The molecule has 0 aliphatic carbocycles. The average Bonchev–Trinajstić information content (AvgIpc) is 3.87. The van der Waals surface area contributed by atoms with E-state index in [2.05, 4.69) is 262 Å². The Morgan fingerprint density at radius 3 is 1.52 bits per heavy atom. The molecule has 0 radical (unpaired) electrons. The highest BCUT2D eigenvalue weighted by Crippen LogP contribution is 2.49. The third-order valence-corrected chi connectivity index (χ3v) is 14.0. The van der Waals surface area contributed by atoms with Gasteiger partial charge in [-0.1, -0.05) is 175 Å². The van der Waals surface area contributed by atoms with Crippen LogP contribution in [0.5, 0.6) is 11.5 Å². The van der Waals surface area contributed by atoms with Crippen molar-refractivity contribution >= 4 is 33.2 Å². The number of nitrogens with zero attached hydrogens (tertiary/aromatic N) is 4. The molecule has 2 aromatic heterocycles. The molecule has 0 bridgehead atoms. The molecule has 0 amide bonds. The standard InChI is InChI=1S/C62H68N4O/c1-58(2,3)44-26-20-27-47(36-44)64-41-65(57(60(7,8)9)56(64)59(4,5)6)48-28-21-29-49(39-48)67-50-31-32-51-52-37-45(61(10,11)42-22-16-14-17-23-42)30-33-53(52)66(54(51)40-50)55-38-46(34-35-63-55)62(12,13)43-24-18-15-19-25-43/h14-40H,41H2,1-13H3. The summed E-state index contributed by atoms with van der Waals surface area (Å²) in [4.78, 5) is 10.1. The molecule has 5 nitrogen and oxygen atoms in total. The van der Waals surface area contributed by atoms with E-state index in [0.717, 1.165) is 39.4 Å². The zero-order valence-corrected chi connectivity index (χ0v) is 42.0. The van der Waals surface area contributed by atoms with E-state index < -0.39 is 0 Å². The lowest BCUT2D eigenvalue weighted by molar-refractivity contribution is 0.444. The van der Waals surface area contributed by atoms with Crippen molar-refractivity contribution in [3.63, 3.8) is 0 Å². The summed E-state index contributed by atoms with van der Waals surface area (Å²) in [5, 5.41) is 2.33. The number of hydrogen-bond donors (Lipinski definition) is 0. The van der Waals surface area contributed by atoms with Gasteiger partial charge in [0, 0.05) is 73.5 Å². The molecule has 8 aromatic rings. The van der Waals surface area contributed by atoms with E-state index in [9.17, 15) is 0 Å². The van der Waals surface area contributed by atoms with Gasteiger partial charge in [0.15, 0.2) is 0 Å². The van der Waals surface area contributed by atoms with E-state index in [1.807, 2.05) is 6.20 Å². The maximum absolute atomic E-state index is 6.93. The number of fused-ring (bicyclic) bond motifs is 3. The second-order valence-corrected chi connectivity index (χ2v) is 22.7. The Balaban J connectivity index is 1.14. The Bertz CT molecular complexity index is 3130. The maximum atomic E-state index is 6.93. The third kappa shape index (κ3) is 8.54. The molecule has 0 atom stereocenters. The van der Waals surface area contributed by atoms with Crippen molar-refractivity contribution in [1.82, 2.24) is 9.55 Å². The quantitative estimate of drug-likeness (QED) is 0.145. The predicted octanol–water partition coefficient (Wildman–Crippen LogP) is 16.5. The molecule has 0 saturated carbocycles. The molecule has 67 heavy (non-hydrogen) atoms. The lowest BCUT2D eigenvalue weighted by atomic mass is 9.78. The van der Waals surface area contributed by atoms with Crippen LogP contribution in [0.2, 0.25) is 0 Å². The van der Waals surface area contributed by atoms with Crippen molar-refractivity contribution in [2.45, 2.75) is 106 Å². The Labute approximate surface area is 399 Å². The number of rotatable bonds is 9. The van der Waals surface area contributed by atoms with Gasteiger partial charge in [-0.15, -0.1) is 0 Å². The average molecular weight is 885 g/mol. The largest absolute Gasteiger partial charge is 0.457 e. The summed E-state index contributed by atoms with van der Waals surface area (Å²) in [5.74, 6) is 2.43. The number of allylic oxidation sites excluding steroid dienone is 2. The minimum Gasteiger partial charge on any atom is -0.457 e. The molecular weight excluding hydrogens is 817 g/mol. The van der Waals surface area contributed by atoms with Crippen LogP contribution >= 0.6 is 0 Å². The summed E-state index contributed by atoms with van der Waals surface area (Å²) in [6.07, 6.45) is 1.96. The first-order chi connectivity index (χ1) is 31.6. The number of anilines is 2. The monoisotopic (exact) mass is 885 g/mol. The van der Waals surface area contributed by atoms with Crippen molar-refractivity contribution in [1.29, 1.82) is 0 Å². The van der Waals surface area contributed by atoms with Crippen molar-refractivity contribution in [2.75, 3.05) is 16.5 Å². The molecule has 0 spiro atoms. The van der Waals surface area contributed by atoms with E-state index in [0.29, 0.717) is 6.67 Å². The summed E-state index contributed by atoms with van der Waals surface area (Å²) >= 11 is 0. The predicted molar refractivity (Wildman–Crippen MR) is 283 cm³/mol. The summed E-state index contributed by atoms with van der Waals surface area (Å²) < 4.78 is 9.25. The number of pyridine rings is 1. The number of benzene rings is 6. The summed E-state index contributed by atoms with van der Waals surface area (Å²) in [7, 11) is 0. The lowest BCUT2D eigenvalue weighted by Crippen LogP contribution is -2.31. The SMILES string of the molecule is CC(C)(C)C1=C(C(C)(C)C)N(c2cccc(C(C)(C)C)c2)CN1c1cccc(Oc2ccc3c4cc(C(C)(C)c5ccccc5)ccc4n(-c4cc(C(C)(C)c5ccccc5)ccn4)c3c2)c1. The van der Waals surface area contributed by atoms with Crippen molar-refractivity contribution < 1.29 is 4.74 Å². The van der Waals surface area contributed by atoms with Gasteiger partial charge in [0.05, 0.1) is 17.7 Å². The van der Waals surface area contributed by atoms with Gasteiger partial charge < -0.3 is 14.5 Å². The zero-order valence-electron chi connectivity index (χ0n) is 42.0. The second kappa shape index (κ2) is 16.6. The van der Waals surface area contributed by atoms with E-state index in [-0.39, 0.29) is 27.1 Å². The van der Waals surface area contributed by atoms with Crippen LogP contribution in [0, 0.1) is 10.8 Å². The Kier molecular flexibility index (Phi) is 11.3. The highest BCUT2D eigenvalue weighted by Gasteiger charge is 2.42. The Morgan fingerprint density at radius 2 is 0.940 bits per heavy atom. The van der Waals surface area contributed by atoms with Crippen LogP contribution in [-0.4, -0.2) is 16.2 Å². The molecule has 3 heterocycles. The van der Waals surface area contributed by atoms with Crippen LogP contribution in [0.3, 0.4) is 0 Å². The second-order valence-electron chi connectivity index (χ2n) is 22.7. The third-order valence-electron chi connectivity index (χ3n) is 14.0. The molecule has 0 fully saturated rings. The molecule has 0 unspecified atom stereocenters. The van der Waals surface area contributed by atoms with Crippen LogP contribution in [0.25, 0.3) is 27.6 Å². The van der Waals surface area contributed by atoms with E-state index in [4.69, 9.17) is 9.72 Å². The van der Waals surface area contributed by atoms with Crippen LogP contribution < -0.4 is 14.5 Å². The fourth-order valence-corrected chi connectivity index (χ4v) is 10.1. The topological polar surface area (TPSA) is 33.5 Å². The van der Waals surface area contributed by atoms with Gasteiger partial charge in [-0.05, 0) is 93.9 Å². The number of ether oxygens (including phenoxy) is 1. The first-order valence-electron chi connectivity index (χ1n) is 24.0. The van der Waals surface area contributed by atoms with Crippen molar-refractivity contribution in [3.8, 4) is 17.3 Å². The number of aromatic nitrogens is 2. The van der Waals surface area contributed by atoms with Crippen molar-refractivity contribution in [2.24, 2.45) is 10.8 Å². The smallest absolute Gasteiger partial charge is 0.137 e. The summed E-state index contributed by atoms with van der Waals surface area (Å²) in [5.41, 5.74) is 12.8. The minimum absolute atomic E-state index is 0.0407. The fraction of sp³-hybridized carbons (Fsp3) is 0.306. The van der Waals surface area contributed by atoms with Crippen LogP contribution in [0.1, 0.15) is 118 Å². The van der Waals surface area contributed by atoms with Crippen LogP contribution in [0.4, 0.5) is 11.4 Å². The van der Waals surface area contributed by atoms with E-state index >= 15 is 0 Å². The van der Waals surface area contributed by atoms with Crippen molar-refractivity contribution in [3.05, 3.63) is 203 Å². The highest BCUT2D eigenvalue weighted by atomic mass is 16.5. The molecule has 9 rings (SSSR count). The normalized spacial score (nSPS) is 14.2. The summed E-state index contributed by atoms with van der Waals surface area (Å²) in [6, 6.07) is 57.2. The first kappa shape index (κ1) is 45.6. The molecule has 6 aromatic carbocycles. The fourth-order valence-electron chi connectivity index (χ4n) is 10.1. The molecule has 5 heteroatoms. The van der Waals surface area contributed by atoms with Gasteiger partial charge in [0.1, 0.15) is 17.3 Å². The molecule has 1 aliphatic rings. The van der Waals surface area contributed by atoms with Gasteiger partial charge in [-0.25, -0.2) is 4.98 Å².